The fourth-order valence-corrected chi connectivity index (χ4v) is 3.29. The third kappa shape index (κ3) is 2.26. The van der Waals surface area contributed by atoms with Gasteiger partial charge in [-0.05, 0) is 43.9 Å². The van der Waals surface area contributed by atoms with Gasteiger partial charge in [-0.1, -0.05) is 12.1 Å². The van der Waals surface area contributed by atoms with Crippen molar-refractivity contribution in [3.05, 3.63) is 29.3 Å². The van der Waals surface area contributed by atoms with Gasteiger partial charge in [-0.25, -0.2) is 0 Å². The molecule has 1 aliphatic carbocycles. The number of nitrogens with two attached hydrogens (primary N) is 1. The highest BCUT2D eigenvalue weighted by atomic mass is 15.3. The molecule has 1 heterocycles. The van der Waals surface area contributed by atoms with Crippen LogP contribution in [-0.4, -0.2) is 43.2 Å². The molecule has 1 aliphatic heterocycles. The summed E-state index contributed by atoms with van der Waals surface area (Å²) in [5.74, 6) is 0. The average molecular weight is 259 g/mol. The van der Waals surface area contributed by atoms with Gasteiger partial charge in [0.05, 0.1) is 0 Å². The van der Waals surface area contributed by atoms with Crippen molar-refractivity contribution in [1.29, 1.82) is 0 Å². The maximum absolute atomic E-state index is 5.93. The van der Waals surface area contributed by atoms with Crippen LogP contribution in [0, 0.1) is 13.8 Å². The Morgan fingerprint density at radius 2 is 1.79 bits per heavy atom. The summed E-state index contributed by atoms with van der Waals surface area (Å²) in [6.45, 7) is 9.84. The fraction of sp³-hybridized carbons (Fsp3) is 0.625. The highest BCUT2D eigenvalue weighted by Crippen LogP contribution is 2.41. The number of nitrogens with zero attached hydrogens (tertiary/aromatic N) is 2. The summed E-state index contributed by atoms with van der Waals surface area (Å²) >= 11 is 0. The number of piperazine rings is 1. The molecule has 1 aromatic carbocycles. The fourth-order valence-electron chi connectivity index (χ4n) is 3.29. The lowest BCUT2D eigenvalue weighted by atomic mass is 10.1. The summed E-state index contributed by atoms with van der Waals surface area (Å²) in [7, 11) is 0. The molecule has 104 valence electrons. The van der Waals surface area contributed by atoms with E-state index >= 15 is 0 Å². The van der Waals surface area contributed by atoms with Gasteiger partial charge in [0.15, 0.2) is 0 Å². The van der Waals surface area contributed by atoms with Crippen molar-refractivity contribution in [3.8, 4) is 0 Å². The molecule has 2 aliphatic rings. The number of aryl methyl sites for hydroxylation is 1. The minimum absolute atomic E-state index is 0.369. The first kappa shape index (κ1) is 12.9. The molecule has 0 aromatic heterocycles. The standard InChI is InChI=1S/C16H25N3/c1-13-4-3-5-15(14(13)2)18-8-10-19(11-9-18)16(12-17)6-7-16/h3-5H,6-12,17H2,1-2H3. The van der Waals surface area contributed by atoms with E-state index in [1.54, 1.807) is 0 Å². The summed E-state index contributed by atoms with van der Waals surface area (Å²) in [5.41, 5.74) is 10.5. The quantitative estimate of drug-likeness (QED) is 0.900. The van der Waals surface area contributed by atoms with E-state index in [1.165, 1.54) is 29.7 Å². The Morgan fingerprint density at radius 1 is 1.11 bits per heavy atom. The molecule has 2 fully saturated rings. The van der Waals surface area contributed by atoms with Crippen LogP contribution in [0.5, 0.6) is 0 Å². The lowest BCUT2D eigenvalue weighted by Gasteiger charge is -2.41. The molecule has 0 radical (unpaired) electrons. The molecule has 3 heteroatoms. The molecule has 0 bridgehead atoms. The van der Waals surface area contributed by atoms with Crippen molar-refractivity contribution in [1.82, 2.24) is 4.90 Å². The van der Waals surface area contributed by atoms with Crippen LogP contribution in [0.3, 0.4) is 0 Å². The predicted molar refractivity (Wildman–Crippen MR) is 80.7 cm³/mol. The van der Waals surface area contributed by atoms with Crippen molar-refractivity contribution in [2.24, 2.45) is 5.73 Å². The highest BCUT2D eigenvalue weighted by Gasteiger charge is 2.47. The summed E-state index contributed by atoms with van der Waals surface area (Å²) in [6.07, 6.45) is 2.60. The number of hydrogen-bond acceptors (Lipinski definition) is 3. The van der Waals surface area contributed by atoms with Crippen LogP contribution in [-0.2, 0) is 0 Å². The SMILES string of the molecule is Cc1cccc(N2CCN(C3(CN)CC3)CC2)c1C. The van der Waals surface area contributed by atoms with Gasteiger partial charge in [0.1, 0.15) is 0 Å². The van der Waals surface area contributed by atoms with Crippen molar-refractivity contribution < 1.29 is 0 Å². The third-order valence-corrected chi connectivity index (χ3v) is 5.07. The van der Waals surface area contributed by atoms with E-state index in [-0.39, 0.29) is 0 Å². The van der Waals surface area contributed by atoms with Gasteiger partial charge < -0.3 is 10.6 Å². The second-order valence-electron chi connectivity index (χ2n) is 6.12. The zero-order valence-electron chi connectivity index (χ0n) is 12.2. The molecule has 0 atom stereocenters. The predicted octanol–water partition coefficient (Wildman–Crippen LogP) is 1.92. The van der Waals surface area contributed by atoms with Gasteiger partial charge in [0.25, 0.3) is 0 Å². The van der Waals surface area contributed by atoms with E-state index < -0.39 is 0 Å². The summed E-state index contributed by atoms with van der Waals surface area (Å²) in [4.78, 5) is 5.15. The van der Waals surface area contributed by atoms with Gasteiger partial charge in [-0.3, -0.25) is 4.90 Å². The van der Waals surface area contributed by atoms with E-state index in [9.17, 15) is 0 Å². The Kier molecular flexibility index (Phi) is 3.27. The maximum Gasteiger partial charge on any atom is 0.0399 e. The molecule has 1 saturated carbocycles. The zero-order chi connectivity index (χ0) is 13.5. The van der Waals surface area contributed by atoms with E-state index in [4.69, 9.17) is 5.73 Å². The smallest absolute Gasteiger partial charge is 0.0399 e. The van der Waals surface area contributed by atoms with Crippen LogP contribution in [0.15, 0.2) is 18.2 Å². The average Bonchev–Trinajstić information content (AvgIpc) is 3.23. The Morgan fingerprint density at radius 3 is 2.37 bits per heavy atom. The van der Waals surface area contributed by atoms with Crippen LogP contribution in [0.4, 0.5) is 5.69 Å². The van der Waals surface area contributed by atoms with Crippen LogP contribution in [0.1, 0.15) is 24.0 Å². The van der Waals surface area contributed by atoms with E-state index in [0.29, 0.717) is 5.54 Å². The van der Waals surface area contributed by atoms with Gasteiger partial charge in [-0.15, -0.1) is 0 Å². The first-order valence-electron chi connectivity index (χ1n) is 7.43. The van der Waals surface area contributed by atoms with Crippen LogP contribution in [0.25, 0.3) is 0 Å². The molecular weight excluding hydrogens is 234 g/mol. The Hall–Kier alpha value is -1.06. The Labute approximate surface area is 116 Å². The summed E-state index contributed by atoms with van der Waals surface area (Å²) in [5, 5.41) is 0. The number of anilines is 1. The molecule has 1 aromatic rings. The summed E-state index contributed by atoms with van der Waals surface area (Å²) in [6, 6.07) is 6.63. The van der Waals surface area contributed by atoms with E-state index in [0.717, 1.165) is 32.7 Å². The monoisotopic (exact) mass is 259 g/mol. The molecule has 1 saturated heterocycles. The number of benzene rings is 1. The van der Waals surface area contributed by atoms with E-state index in [2.05, 4.69) is 41.8 Å². The zero-order valence-corrected chi connectivity index (χ0v) is 12.2. The minimum atomic E-state index is 0.369. The Bertz CT molecular complexity index is 457. The Balaban J connectivity index is 1.69. The molecule has 0 spiro atoms. The van der Waals surface area contributed by atoms with E-state index in [1.807, 2.05) is 0 Å². The van der Waals surface area contributed by atoms with Crippen molar-refractivity contribution >= 4 is 5.69 Å². The number of hydrogen-bond donors (Lipinski definition) is 1. The molecule has 19 heavy (non-hydrogen) atoms. The third-order valence-electron chi connectivity index (χ3n) is 5.07. The van der Waals surface area contributed by atoms with Crippen molar-refractivity contribution in [2.45, 2.75) is 32.2 Å². The molecule has 2 N–H and O–H groups in total. The largest absolute Gasteiger partial charge is 0.369 e. The van der Waals surface area contributed by atoms with Crippen molar-refractivity contribution in [2.75, 3.05) is 37.6 Å². The first-order valence-corrected chi connectivity index (χ1v) is 7.43. The van der Waals surface area contributed by atoms with Gasteiger partial charge >= 0.3 is 0 Å². The summed E-state index contributed by atoms with van der Waals surface area (Å²) < 4.78 is 0. The molecule has 0 unspecified atom stereocenters. The second kappa shape index (κ2) is 4.80. The second-order valence-corrected chi connectivity index (χ2v) is 6.12. The lowest BCUT2D eigenvalue weighted by molar-refractivity contribution is 0.171. The molecular formula is C16H25N3. The minimum Gasteiger partial charge on any atom is -0.369 e. The van der Waals surface area contributed by atoms with Crippen molar-refractivity contribution in [3.63, 3.8) is 0 Å². The molecule has 3 nitrogen and oxygen atoms in total. The highest BCUT2D eigenvalue weighted by molar-refractivity contribution is 5.56. The van der Waals surface area contributed by atoms with Crippen LogP contribution in [0.2, 0.25) is 0 Å². The topological polar surface area (TPSA) is 32.5 Å². The van der Waals surface area contributed by atoms with Gasteiger partial charge in [0.2, 0.25) is 0 Å². The first-order chi connectivity index (χ1) is 9.16. The maximum atomic E-state index is 5.93. The van der Waals surface area contributed by atoms with Gasteiger partial charge in [0, 0.05) is 44.0 Å². The molecule has 0 amide bonds. The van der Waals surface area contributed by atoms with Gasteiger partial charge in [-0.2, -0.15) is 0 Å². The number of rotatable bonds is 3. The lowest BCUT2D eigenvalue weighted by Crippen LogP contribution is -2.54. The normalized spacial score (nSPS) is 22.6. The van der Waals surface area contributed by atoms with Crippen LogP contribution < -0.4 is 10.6 Å². The van der Waals surface area contributed by atoms with Crippen LogP contribution >= 0.6 is 0 Å². The molecule has 3 rings (SSSR count).